The first kappa shape index (κ1) is 19.8. The second-order valence-corrected chi connectivity index (χ2v) is 7.35. The van der Waals surface area contributed by atoms with Crippen molar-refractivity contribution in [1.82, 2.24) is 5.32 Å². The molecule has 0 spiro atoms. The van der Waals surface area contributed by atoms with Crippen molar-refractivity contribution in [3.8, 4) is 5.75 Å². The number of halogens is 2. The van der Waals surface area contributed by atoms with E-state index in [0.29, 0.717) is 25.6 Å². The maximum absolute atomic E-state index is 11.8. The largest absolute Gasteiger partial charge is 0.465 e. The molecule has 1 aliphatic rings. The molecule has 1 fully saturated rings. The fourth-order valence-electron chi connectivity index (χ4n) is 1.87. The fraction of sp³-hybridized carbons (Fsp3) is 0.188. The van der Waals surface area contributed by atoms with Gasteiger partial charge in [-0.05, 0) is 30.7 Å². The minimum Gasteiger partial charge on any atom is -0.465 e. The summed E-state index contributed by atoms with van der Waals surface area (Å²) < 4.78 is 10.4. The Balaban J connectivity index is 2.28. The summed E-state index contributed by atoms with van der Waals surface area (Å²) in [5.41, 5.74) is 0.0305. The molecule has 1 heterocycles. The second-order valence-electron chi connectivity index (χ2n) is 4.83. The molecule has 1 unspecified atom stereocenters. The van der Waals surface area contributed by atoms with Gasteiger partial charge in [0.15, 0.2) is 0 Å². The highest BCUT2D eigenvalue weighted by Gasteiger charge is 2.23. The summed E-state index contributed by atoms with van der Waals surface area (Å²) in [4.78, 5) is 23.7. The van der Waals surface area contributed by atoms with E-state index in [1.807, 2.05) is 0 Å². The molecular weight excluding hydrogens is 405 g/mol. The zero-order valence-corrected chi connectivity index (χ0v) is 16.3. The van der Waals surface area contributed by atoms with Gasteiger partial charge in [-0.25, -0.2) is 4.79 Å². The molecule has 1 aromatic rings. The number of carbonyl (C=O) groups is 2. The van der Waals surface area contributed by atoms with Gasteiger partial charge < -0.3 is 14.8 Å². The van der Waals surface area contributed by atoms with Gasteiger partial charge in [-0.2, -0.15) is 0 Å². The van der Waals surface area contributed by atoms with Crippen LogP contribution < -0.4 is 10.1 Å². The van der Waals surface area contributed by atoms with Gasteiger partial charge in [0.05, 0.1) is 12.0 Å². The predicted molar refractivity (Wildman–Crippen MR) is 104 cm³/mol. The van der Waals surface area contributed by atoms with Gasteiger partial charge in [-0.3, -0.25) is 4.79 Å². The first-order chi connectivity index (χ1) is 11.8. The zero-order chi connectivity index (χ0) is 18.6. The average Bonchev–Trinajstić information content (AvgIpc) is 2.92. The molecular formula is C16H13Cl2NO4S2. The first-order valence-electron chi connectivity index (χ1n) is 6.92. The molecule has 9 heteroatoms. The lowest BCUT2D eigenvalue weighted by Gasteiger charge is -2.13. The normalized spacial score (nSPS) is 17.4. The Morgan fingerprint density at radius 2 is 2.16 bits per heavy atom. The van der Waals surface area contributed by atoms with Crippen LogP contribution in [0.3, 0.4) is 0 Å². The number of nitrogens with one attached hydrogen (secondary N) is 1. The van der Waals surface area contributed by atoms with E-state index in [1.54, 1.807) is 37.3 Å². The standard InChI is InChI=1S/C16H13Cl2NO4S2/c1-8(12-14(20)19-16(24)25-12)3-4-9-7-10(17)5-6-11(9)23-13(18)15(21)22-2/h3-7,13H,1-2H3,(H,19,20,24). The second kappa shape index (κ2) is 8.71. The lowest BCUT2D eigenvalue weighted by atomic mass is 10.1. The number of rotatable bonds is 5. The van der Waals surface area contributed by atoms with E-state index in [4.69, 9.17) is 40.2 Å². The van der Waals surface area contributed by atoms with E-state index >= 15 is 0 Å². The molecule has 0 radical (unpaired) electrons. The molecule has 132 valence electrons. The van der Waals surface area contributed by atoms with Crippen molar-refractivity contribution in [1.29, 1.82) is 0 Å². The number of carbonyl (C=O) groups excluding carboxylic acids is 2. The third-order valence-electron chi connectivity index (χ3n) is 3.08. The molecule has 5 nitrogen and oxygen atoms in total. The number of allylic oxidation sites excluding steroid dienone is 2. The molecule has 0 aliphatic carbocycles. The summed E-state index contributed by atoms with van der Waals surface area (Å²) in [7, 11) is 1.22. The Labute approximate surface area is 164 Å². The van der Waals surface area contributed by atoms with Gasteiger partial charge in [-0.15, -0.1) is 0 Å². The van der Waals surface area contributed by atoms with Crippen molar-refractivity contribution in [3.63, 3.8) is 0 Å². The maximum atomic E-state index is 11.8. The summed E-state index contributed by atoms with van der Waals surface area (Å²) in [6.45, 7) is 1.79. The van der Waals surface area contributed by atoms with E-state index < -0.39 is 11.5 Å². The number of hydrogen-bond donors (Lipinski definition) is 1. The molecule has 25 heavy (non-hydrogen) atoms. The Bertz CT molecular complexity index is 792. The van der Waals surface area contributed by atoms with Gasteiger partial charge >= 0.3 is 5.97 Å². The van der Waals surface area contributed by atoms with Crippen molar-refractivity contribution in [2.45, 2.75) is 12.5 Å². The van der Waals surface area contributed by atoms with Crippen LogP contribution >= 0.6 is 47.2 Å². The smallest absolute Gasteiger partial charge is 0.363 e. The molecule has 1 saturated heterocycles. The summed E-state index contributed by atoms with van der Waals surface area (Å²) in [5, 5.41) is 3.04. The van der Waals surface area contributed by atoms with Crippen LogP contribution in [0.15, 0.2) is 34.8 Å². The van der Waals surface area contributed by atoms with Gasteiger partial charge in [0.2, 0.25) is 0 Å². The van der Waals surface area contributed by atoms with Crippen LogP contribution in [0.2, 0.25) is 5.02 Å². The number of benzene rings is 1. The molecule has 1 aliphatic heterocycles. The summed E-state index contributed by atoms with van der Waals surface area (Å²) in [5.74, 6) is -0.591. The number of hydrogen-bond acceptors (Lipinski definition) is 6. The van der Waals surface area contributed by atoms with E-state index in [9.17, 15) is 9.59 Å². The number of thioether (sulfide) groups is 1. The van der Waals surface area contributed by atoms with Crippen molar-refractivity contribution in [2.75, 3.05) is 7.11 Å². The van der Waals surface area contributed by atoms with E-state index in [1.165, 1.54) is 18.9 Å². The number of amides is 1. The quantitative estimate of drug-likeness (QED) is 0.339. The van der Waals surface area contributed by atoms with Crippen molar-refractivity contribution >= 4 is 69.5 Å². The Kier molecular flexibility index (Phi) is 6.89. The van der Waals surface area contributed by atoms with Crippen LogP contribution in [0.25, 0.3) is 6.08 Å². The highest BCUT2D eigenvalue weighted by atomic mass is 35.5. The average molecular weight is 418 g/mol. The molecule has 0 aromatic heterocycles. The SMILES string of the molecule is COC(=O)C(Cl)Oc1ccc(Cl)cc1C=CC(C)=C1SC(=S)NC1=O. The van der Waals surface area contributed by atoms with E-state index in [-0.39, 0.29) is 5.91 Å². The number of thiocarbonyl (C=S) groups is 1. The zero-order valence-electron chi connectivity index (χ0n) is 13.2. The minimum atomic E-state index is -1.29. The van der Waals surface area contributed by atoms with Crippen LogP contribution in [0.1, 0.15) is 12.5 Å². The van der Waals surface area contributed by atoms with Gasteiger partial charge in [0.1, 0.15) is 10.1 Å². The van der Waals surface area contributed by atoms with Crippen molar-refractivity contribution in [2.24, 2.45) is 0 Å². The van der Waals surface area contributed by atoms with E-state index in [2.05, 4.69) is 10.1 Å². The fourth-order valence-corrected chi connectivity index (χ4v) is 3.28. The van der Waals surface area contributed by atoms with Crippen LogP contribution in [0, 0.1) is 0 Å². The Morgan fingerprint density at radius 3 is 2.76 bits per heavy atom. The molecule has 1 aromatic carbocycles. The lowest BCUT2D eigenvalue weighted by molar-refractivity contribution is -0.145. The molecule has 1 N–H and O–H groups in total. The third-order valence-corrected chi connectivity index (χ3v) is 4.93. The van der Waals surface area contributed by atoms with Crippen LogP contribution in [-0.4, -0.2) is 28.9 Å². The maximum Gasteiger partial charge on any atom is 0.363 e. The molecule has 2 rings (SSSR count). The number of esters is 1. The highest BCUT2D eigenvalue weighted by Crippen LogP contribution is 2.30. The lowest BCUT2D eigenvalue weighted by Crippen LogP contribution is -2.22. The number of methoxy groups -OCH3 is 1. The number of ether oxygens (including phenoxy) is 2. The third kappa shape index (κ3) is 5.22. The summed E-state index contributed by atoms with van der Waals surface area (Å²) >= 11 is 18.0. The van der Waals surface area contributed by atoms with Gasteiger partial charge in [0, 0.05) is 10.6 Å². The Morgan fingerprint density at radius 1 is 1.44 bits per heavy atom. The summed E-state index contributed by atoms with van der Waals surface area (Å²) in [6.07, 6.45) is 3.44. The minimum absolute atomic E-state index is 0.230. The molecule has 0 saturated carbocycles. The van der Waals surface area contributed by atoms with Crippen LogP contribution in [0.4, 0.5) is 0 Å². The molecule has 1 amide bonds. The topological polar surface area (TPSA) is 64.6 Å². The van der Waals surface area contributed by atoms with E-state index in [0.717, 1.165) is 5.57 Å². The molecule has 0 bridgehead atoms. The Hall–Kier alpha value is -1.54. The number of alkyl halides is 1. The van der Waals surface area contributed by atoms with Crippen molar-refractivity contribution in [3.05, 3.63) is 45.3 Å². The van der Waals surface area contributed by atoms with Crippen LogP contribution in [0.5, 0.6) is 5.75 Å². The van der Waals surface area contributed by atoms with Gasteiger partial charge in [0.25, 0.3) is 11.5 Å². The van der Waals surface area contributed by atoms with Crippen LogP contribution in [-0.2, 0) is 14.3 Å². The monoisotopic (exact) mass is 417 g/mol. The van der Waals surface area contributed by atoms with Crippen molar-refractivity contribution < 1.29 is 19.1 Å². The molecule has 1 atom stereocenters. The first-order valence-corrected chi connectivity index (χ1v) is 8.96. The summed E-state index contributed by atoms with van der Waals surface area (Å²) in [6, 6.07) is 4.85. The predicted octanol–water partition coefficient (Wildman–Crippen LogP) is 3.89. The highest BCUT2D eigenvalue weighted by molar-refractivity contribution is 8.26. The van der Waals surface area contributed by atoms with Gasteiger partial charge in [-0.1, -0.05) is 59.3 Å².